The van der Waals surface area contributed by atoms with E-state index < -0.39 is 30.4 Å². The molecule has 1 heterocycles. The van der Waals surface area contributed by atoms with Crippen molar-refractivity contribution in [3.8, 4) is 0 Å². The maximum Gasteiger partial charge on any atom is 0.326 e. The SMILES string of the molecule is COC1CC(C(=O)O)N(C(=O)C(F)F)C1. The highest BCUT2D eigenvalue weighted by Crippen LogP contribution is 2.21. The molecular weight excluding hydrogens is 212 g/mol. The number of carboxylic acids is 1. The summed E-state index contributed by atoms with van der Waals surface area (Å²) >= 11 is 0. The predicted octanol–water partition coefficient (Wildman–Crippen LogP) is -0.0480. The topological polar surface area (TPSA) is 66.8 Å². The van der Waals surface area contributed by atoms with Crippen molar-refractivity contribution in [1.29, 1.82) is 0 Å². The van der Waals surface area contributed by atoms with Crippen LogP contribution in [0, 0.1) is 0 Å². The second-order valence-corrected chi connectivity index (χ2v) is 3.24. The average molecular weight is 223 g/mol. The first-order valence-electron chi connectivity index (χ1n) is 4.31. The van der Waals surface area contributed by atoms with Gasteiger partial charge in [-0.1, -0.05) is 0 Å². The molecule has 1 aliphatic heterocycles. The first-order chi connectivity index (χ1) is 6.97. The Morgan fingerprint density at radius 3 is 2.53 bits per heavy atom. The molecule has 1 N–H and O–H groups in total. The predicted molar refractivity (Wildman–Crippen MR) is 44.6 cm³/mol. The third-order valence-electron chi connectivity index (χ3n) is 2.35. The van der Waals surface area contributed by atoms with E-state index in [1.54, 1.807) is 0 Å². The molecule has 5 nitrogen and oxygen atoms in total. The van der Waals surface area contributed by atoms with Crippen LogP contribution in [0.2, 0.25) is 0 Å². The van der Waals surface area contributed by atoms with E-state index in [-0.39, 0.29) is 13.0 Å². The number of carboxylic acid groups (broad SMARTS) is 1. The van der Waals surface area contributed by atoms with Gasteiger partial charge in [0.2, 0.25) is 0 Å². The smallest absolute Gasteiger partial charge is 0.326 e. The van der Waals surface area contributed by atoms with Gasteiger partial charge in [-0.25, -0.2) is 4.79 Å². The van der Waals surface area contributed by atoms with Crippen molar-refractivity contribution in [2.24, 2.45) is 0 Å². The molecule has 0 bridgehead atoms. The van der Waals surface area contributed by atoms with Gasteiger partial charge in [0, 0.05) is 20.1 Å². The van der Waals surface area contributed by atoms with Crippen LogP contribution in [0.25, 0.3) is 0 Å². The molecule has 15 heavy (non-hydrogen) atoms. The number of nitrogens with zero attached hydrogens (tertiary/aromatic N) is 1. The van der Waals surface area contributed by atoms with Gasteiger partial charge >= 0.3 is 12.4 Å². The lowest BCUT2D eigenvalue weighted by Gasteiger charge is -2.20. The van der Waals surface area contributed by atoms with Crippen LogP contribution in [0.5, 0.6) is 0 Å². The largest absolute Gasteiger partial charge is 0.480 e. The molecule has 1 fully saturated rings. The van der Waals surface area contributed by atoms with Gasteiger partial charge in [-0.05, 0) is 0 Å². The minimum Gasteiger partial charge on any atom is -0.480 e. The van der Waals surface area contributed by atoms with Crippen LogP contribution in [-0.2, 0) is 14.3 Å². The summed E-state index contributed by atoms with van der Waals surface area (Å²) in [5.74, 6) is -2.74. The number of carbonyl (C=O) groups is 2. The number of ether oxygens (including phenoxy) is 1. The van der Waals surface area contributed by atoms with Crippen LogP contribution in [-0.4, -0.2) is 54.1 Å². The number of carbonyl (C=O) groups excluding carboxylic acids is 1. The van der Waals surface area contributed by atoms with E-state index >= 15 is 0 Å². The Balaban J connectivity index is 2.77. The Morgan fingerprint density at radius 2 is 2.13 bits per heavy atom. The molecule has 0 aromatic rings. The summed E-state index contributed by atoms with van der Waals surface area (Å²) in [6.07, 6.45) is -3.62. The van der Waals surface area contributed by atoms with Gasteiger partial charge in [-0.3, -0.25) is 4.79 Å². The highest BCUT2D eigenvalue weighted by atomic mass is 19.3. The van der Waals surface area contributed by atoms with Gasteiger partial charge in [0.1, 0.15) is 6.04 Å². The Morgan fingerprint density at radius 1 is 1.53 bits per heavy atom. The number of methoxy groups -OCH3 is 1. The van der Waals surface area contributed by atoms with E-state index in [0.717, 1.165) is 0 Å². The summed E-state index contributed by atoms with van der Waals surface area (Å²) in [6, 6.07) is -1.21. The number of halogens is 2. The van der Waals surface area contributed by atoms with E-state index in [0.29, 0.717) is 4.90 Å². The van der Waals surface area contributed by atoms with E-state index in [4.69, 9.17) is 9.84 Å². The fourth-order valence-corrected chi connectivity index (χ4v) is 1.57. The summed E-state index contributed by atoms with van der Waals surface area (Å²) in [6.45, 7) is -0.101. The maximum absolute atomic E-state index is 12.1. The standard InChI is InChI=1S/C8H11F2NO4/c1-15-4-2-5(8(13)14)11(3-4)7(12)6(9)10/h4-6H,2-3H2,1H3,(H,13,14). The zero-order valence-electron chi connectivity index (χ0n) is 8.02. The molecule has 1 saturated heterocycles. The minimum absolute atomic E-state index is 0.0459. The third kappa shape index (κ3) is 2.41. The van der Waals surface area contributed by atoms with Crippen molar-refractivity contribution in [2.45, 2.75) is 25.0 Å². The second-order valence-electron chi connectivity index (χ2n) is 3.24. The molecule has 0 saturated carbocycles. The van der Waals surface area contributed by atoms with Gasteiger partial charge in [0.25, 0.3) is 5.91 Å². The molecule has 0 spiro atoms. The van der Waals surface area contributed by atoms with Crippen molar-refractivity contribution in [1.82, 2.24) is 4.90 Å². The number of hydrogen-bond acceptors (Lipinski definition) is 3. The fraction of sp³-hybridized carbons (Fsp3) is 0.750. The highest BCUT2D eigenvalue weighted by Gasteiger charge is 2.42. The van der Waals surface area contributed by atoms with Crippen molar-refractivity contribution in [3.63, 3.8) is 0 Å². The second kappa shape index (κ2) is 4.52. The summed E-state index contributed by atoms with van der Waals surface area (Å²) in [5, 5.41) is 8.73. The Kier molecular flexibility index (Phi) is 3.57. The van der Waals surface area contributed by atoms with E-state index in [2.05, 4.69) is 0 Å². The van der Waals surface area contributed by atoms with Crippen molar-refractivity contribution in [2.75, 3.05) is 13.7 Å². The third-order valence-corrected chi connectivity index (χ3v) is 2.35. The molecule has 0 radical (unpaired) electrons. The molecule has 1 amide bonds. The number of alkyl halides is 2. The zero-order valence-corrected chi connectivity index (χ0v) is 8.02. The van der Waals surface area contributed by atoms with E-state index in [9.17, 15) is 18.4 Å². The molecular formula is C8H11F2NO4. The van der Waals surface area contributed by atoms with Crippen LogP contribution in [0.4, 0.5) is 8.78 Å². The summed E-state index contributed by atoms with van der Waals surface area (Å²) in [4.78, 5) is 22.3. The maximum atomic E-state index is 12.1. The van der Waals surface area contributed by atoms with Gasteiger partial charge in [-0.15, -0.1) is 0 Å². The number of rotatable bonds is 3. The molecule has 0 aliphatic carbocycles. The normalized spacial score (nSPS) is 26.0. The summed E-state index contributed by atoms with van der Waals surface area (Å²) < 4.78 is 29.1. The molecule has 86 valence electrons. The first kappa shape index (κ1) is 11.8. The lowest BCUT2D eigenvalue weighted by molar-refractivity contribution is -0.153. The average Bonchev–Trinajstić information content (AvgIpc) is 2.60. The first-order valence-corrected chi connectivity index (χ1v) is 4.31. The zero-order chi connectivity index (χ0) is 11.6. The quantitative estimate of drug-likeness (QED) is 0.728. The van der Waals surface area contributed by atoms with Gasteiger partial charge in [-0.2, -0.15) is 8.78 Å². The molecule has 0 aromatic heterocycles. The van der Waals surface area contributed by atoms with Gasteiger partial charge in [0.15, 0.2) is 0 Å². The Labute approximate surface area is 84.6 Å². The minimum atomic E-state index is -3.18. The monoisotopic (exact) mass is 223 g/mol. The van der Waals surface area contributed by atoms with Crippen LogP contribution in [0.3, 0.4) is 0 Å². The molecule has 1 rings (SSSR count). The summed E-state index contributed by atoms with van der Waals surface area (Å²) in [7, 11) is 1.35. The number of amides is 1. The molecule has 7 heteroatoms. The molecule has 0 aromatic carbocycles. The van der Waals surface area contributed by atoms with Crippen molar-refractivity contribution < 1.29 is 28.2 Å². The van der Waals surface area contributed by atoms with Crippen LogP contribution >= 0.6 is 0 Å². The molecule has 2 unspecified atom stereocenters. The molecule has 1 aliphatic rings. The molecule has 2 atom stereocenters. The highest BCUT2D eigenvalue weighted by molar-refractivity contribution is 5.86. The summed E-state index contributed by atoms with van der Waals surface area (Å²) in [5.41, 5.74) is 0. The number of likely N-dealkylation sites (tertiary alicyclic amines) is 1. The lowest BCUT2D eigenvalue weighted by atomic mass is 10.2. The fourth-order valence-electron chi connectivity index (χ4n) is 1.57. The van der Waals surface area contributed by atoms with Crippen LogP contribution < -0.4 is 0 Å². The Hall–Kier alpha value is -1.24. The van der Waals surface area contributed by atoms with Gasteiger partial charge < -0.3 is 14.7 Å². The van der Waals surface area contributed by atoms with Crippen LogP contribution in [0.1, 0.15) is 6.42 Å². The van der Waals surface area contributed by atoms with Gasteiger partial charge in [0.05, 0.1) is 6.10 Å². The Bertz CT molecular complexity index is 271. The number of aliphatic carboxylic acids is 1. The van der Waals surface area contributed by atoms with Crippen molar-refractivity contribution in [3.05, 3.63) is 0 Å². The van der Waals surface area contributed by atoms with Crippen LogP contribution in [0.15, 0.2) is 0 Å². The lowest BCUT2D eigenvalue weighted by Crippen LogP contribution is -2.43. The van der Waals surface area contributed by atoms with E-state index in [1.807, 2.05) is 0 Å². The number of hydrogen-bond donors (Lipinski definition) is 1. The van der Waals surface area contributed by atoms with Crippen molar-refractivity contribution >= 4 is 11.9 Å². The van der Waals surface area contributed by atoms with E-state index in [1.165, 1.54) is 7.11 Å².